The zero-order valence-corrected chi connectivity index (χ0v) is 19.2. The minimum absolute atomic E-state index is 0.0247. The van der Waals surface area contributed by atoms with Crippen molar-refractivity contribution in [2.24, 2.45) is 11.1 Å². The lowest BCUT2D eigenvalue weighted by Gasteiger charge is -2.17. The second-order valence-electron chi connectivity index (χ2n) is 7.76. The number of hydrogen-bond acceptors (Lipinski definition) is 5. The fraction of sp³-hybridized carbons (Fsp3) is 0.167. The van der Waals surface area contributed by atoms with Crippen molar-refractivity contribution in [2.75, 3.05) is 10.6 Å². The van der Waals surface area contributed by atoms with E-state index in [0.717, 1.165) is 29.0 Å². The summed E-state index contributed by atoms with van der Waals surface area (Å²) in [5, 5.41) is 10.3. The van der Waals surface area contributed by atoms with Gasteiger partial charge < -0.3 is 10.6 Å². The second-order valence-corrected chi connectivity index (χ2v) is 10.5. The van der Waals surface area contributed by atoms with Gasteiger partial charge in [-0.2, -0.15) is 0 Å². The highest BCUT2D eigenvalue weighted by Gasteiger charge is 2.29. The van der Waals surface area contributed by atoms with Gasteiger partial charge in [0.1, 0.15) is 5.25 Å². The van der Waals surface area contributed by atoms with E-state index in [1.807, 2.05) is 54.6 Å². The van der Waals surface area contributed by atoms with Crippen LogP contribution in [0.4, 0.5) is 11.4 Å². The molecule has 0 aliphatic heterocycles. The van der Waals surface area contributed by atoms with Gasteiger partial charge in [0.25, 0.3) is 0 Å². The number of sulfonamides is 1. The number of amides is 2. The van der Waals surface area contributed by atoms with Crippen LogP contribution in [0.5, 0.6) is 0 Å². The Kier molecular flexibility index (Phi) is 6.83. The highest BCUT2D eigenvalue weighted by Crippen LogP contribution is 2.37. The van der Waals surface area contributed by atoms with E-state index >= 15 is 0 Å². The molecule has 33 heavy (non-hydrogen) atoms. The van der Waals surface area contributed by atoms with Crippen molar-refractivity contribution in [3.8, 4) is 0 Å². The van der Waals surface area contributed by atoms with Crippen molar-refractivity contribution >= 4 is 45.0 Å². The van der Waals surface area contributed by atoms with Crippen LogP contribution in [0.2, 0.25) is 0 Å². The van der Waals surface area contributed by atoms with Crippen LogP contribution in [0.25, 0.3) is 0 Å². The topological polar surface area (TPSA) is 118 Å². The minimum Gasteiger partial charge on any atom is -0.326 e. The highest BCUT2D eigenvalue weighted by atomic mass is 32.2. The molecule has 0 radical (unpaired) electrons. The summed E-state index contributed by atoms with van der Waals surface area (Å²) in [7, 11) is -3.80. The molecule has 0 spiro atoms. The summed E-state index contributed by atoms with van der Waals surface area (Å²) in [5.74, 6) is -0.0738. The average Bonchev–Trinajstić information content (AvgIpc) is 3.64. The Labute approximate surface area is 196 Å². The van der Waals surface area contributed by atoms with Gasteiger partial charge >= 0.3 is 0 Å². The number of nitrogens with one attached hydrogen (secondary N) is 2. The largest absolute Gasteiger partial charge is 0.326 e. The minimum atomic E-state index is -3.80. The van der Waals surface area contributed by atoms with Crippen LogP contribution in [0.1, 0.15) is 23.7 Å². The van der Waals surface area contributed by atoms with Crippen molar-refractivity contribution in [1.29, 1.82) is 0 Å². The summed E-state index contributed by atoms with van der Waals surface area (Å²) < 4.78 is 22.9. The number of rotatable bonds is 8. The fourth-order valence-electron chi connectivity index (χ4n) is 3.18. The number of anilines is 2. The van der Waals surface area contributed by atoms with E-state index in [4.69, 9.17) is 5.14 Å². The molecule has 1 atom stereocenters. The maximum atomic E-state index is 13.2. The molecule has 170 valence electrons. The molecule has 1 fully saturated rings. The van der Waals surface area contributed by atoms with E-state index in [0.29, 0.717) is 5.69 Å². The van der Waals surface area contributed by atoms with E-state index < -0.39 is 15.3 Å². The van der Waals surface area contributed by atoms with Crippen LogP contribution in [0.15, 0.2) is 88.7 Å². The van der Waals surface area contributed by atoms with Gasteiger partial charge in [-0.3, -0.25) is 9.59 Å². The third-order valence-corrected chi connectivity index (χ3v) is 7.31. The number of nitrogens with two attached hydrogens (primary N) is 1. The Morgan fingerprint density at radius 2 is 1.42 bits per heavy atom. The SMILES string of the molecule is NS(=O)(=O)c1ccc(NC(=O)C(Sc2ccc(NC(=O)C3CC3)cc2)c2ccccc2)cc1. The third-order valence-electron chi connectivity index (χ3n) is 5.11. The number of carbonyl (C=O) groups is 2. The first-order valence-electron chi connectivity index (χ1n) is 10.4. The zero-order valence-electron chi connectivity index (χ0n) is 17.6. The van der Waals surface area contributed by atoms with Gasteiger partial charge in [-0.05, 0) is 66.9 Å². The predicted molar refractivity (Wildman–Crippen MR) is 129 cm³/mol. The highest BCUT2D eigenvalue weighted by molar-refractivity contribution is 8.00. The number of thioether (sulfide) groups is 1. The molecule has 3 aromatic carbocycles. The van der Waals surface area contributed by atoms with Crippen LogP contribution in [-0.2, 0) is 19.6 Å². The Bertz CT molecular complexity index is 1240. The molecule has 2 amide bonds. The van der Waals surface area contributed by atoms with Gasteiger partial charge in [0, 0.05) is 22.2 Å². The van der Waals surface area contributed by atoms with E-state index in [-0.39, 0.29) is 22.6 Å². The molecule has 1 aliphatic rings. The van der Waals surface area contributed by atoms with E-state index in [2.05, 4.69) is 10.6 Å². The number of hydrogen-bond donors (Lipinski definition) is 3. The number of benzene rings is 3. The predicted octanol–water partition coefficient (Wildman–Crippen LogP) is 4.15. The number of primary sulfonamides is 1. The normalized spacial score (nSPS) is 14.3. The molecule has 9 heteroatoms. The number of carbonyl (C=O) groups excluding carboxylic acids is 2. The van der Waals surface area contributed by atoms with E-state index in [1.165, 1.54) is 36.0 Å². The maximum Gasteiger partial charge on any atom is 0.242 e. The van der Waals surface area contributed by atoms with Crippen molar-refractivity contribution < 1.29 is 18.0 Å². The van der Waals surface area contributed by atoms with Crippen LogP contribution in [0, 0.1) is 5.92 Å². The molecule has 0 bridgehead atoms. The first-order chi connectivity index (χ1) is 15.8. The van der Waals surface area contributed by atoms with Gasteiger partial charge in [-0.1, -0.05) is 30.3 Å². The van der Waals surface area contributed by atoms with Crippen LogP contribution < -0.4 is 15.8 Å². The zero-order chi connectivity index (χ0) is 23.4. The lowest BCUT2D eigenvalue weighted by molar-refractivity contribution is -0.117. The standard InChI is InChI=1S/C24H23N3O4S2/c25-33(30,31)21-14-10-19(11-15-21)27-24(29)22(16-4-2-1-3-5-16)32-20-12-8-18(9-13-20)26-23(28)17-6-7-17/h1-5,8-15,17,22H,6-7H2,(H,26,28)(H,27,29)(H2,25,30,31). The van der Waals surface area contributed by atoms with Gasteiger partial charge in [0.05, 0.1) is 4.90 Å². The van der Waals surface area contributed by atoms with Crippen molar-refractivity contribution in [3.05, 3.63) is 84.4 Å². The molecule has 1 unspecified atom stereocenters. The molecular formula is C24H23N3O4S2. The summed E-state index contributed by atoms with van der Waals surface area (Å²) in [6, 6.07) is 22.5. The first-order valence-corrected chi connectivity index (χ1v) is 12.8. The van der Waals surface area contributed by atoms with Crippen molar-refractivity contribution in [3.63, 3.8) is 0 Å². The van der Waals surface area contributed by atoms with Crippen molar-refractivity contribution in [1.82, 2.24) is 0 Å². The van der Waals surface area contributed by atoms with Gasteiger partial charge in [-0.15, -0.1) is 11.8 Å². The third kappa shape index (κ3) is 6.22. The lowest BCUT2D eigenvalue weighted by atomic mass is 10.1. The maximum absolute atomic E-state index is 13.2. The monoisotopic (exact) mass is 481 g/mol. The quantitative estimate of drug-likeness (QED) is 0.418. The second kappa shape index (κ2) is 9.78. The molecule has 1 aliphatic carbocycles. The molecular weight excluding hydrogens is 458 g/mol. The Morgan fingerprint density at radius 3 is 2.00 bits per heavy atom. The van der Waals surface area contributed by atoms with Crippen LogP contribution in [-0.4, -0.2) is 20.2 Å². The molecule has 4 N–H and O–H groups in total. The molecule has 0 aromatic heterocycles. The molecule has 4 rings (SSSR count). The van der Waals surface area contributed by atoms with Gasteiger partial charge in [-0.25, -0.2) is 13.6 Å². The van der Waals surface area contributed by atoms with Crippen LogP contribution in [0.3, 0.4) is 0 Å². The summed E-state index contributed by atoms with van der Waals surface area (Å²) >= 11 is 1.38. The summed E-state index contributed by atoms with van der Waals surface area (Å²) in [6.07, 6.45) is 1.89. The van der Waals surface area contributed by atoms with Gasteiger partial charge in [0.2, 0.25) is 21.8 Å². The Morgan fingerprint density at radius 1 is 0.848 bits per heavy atom. The first kappa shape index (κ1) is 23.0. The summed E-state index contributed by atoms with van der Waals surface area (Å²) in [5.41, 5.74) is 2.02. The van der Waals surface area contributed by atoms with Gasteiger partial charge in [0.15, 0.2) is 0 Å². The van der Waals surface area contributed by atoms with Crippen molar-refractivity contribution in [2.45, 2.75) is 27.9 Å². The Hall–Kier alpha value is -3.14. The summed E-state index contributed by atoms with van der Waals surface area (Å²) in [4.78, 5) is 26.0. The lowest BCUT2D eigenvalue weighted by Crippen LogP contribution is -2.19. The smallest absolute Gasteiger partial charge is 0.242 e. The molecule has 1 saturated carbocycles. The summed E-state index contributed by atoms with van der Waals surface area (Å²) in [6.45, 7) is 0. The van der Waals surface area contributed by atoms with E-state index in [1.54, 1.807) is 0 Å². The average molecular weight is 482 g/mol. The van der Waals surface area contributed by atoms with E-state index in [9.17, 15) is 18.0 Å². The Balaban J connectivity index is 1.49. The molecule has 7 nitrogen and oxygen atoms in total. The molecule has 0 heterocycles. The fourth-order valence-corrected chi connectivity index (χ4v) is 4.72. The molecule has 0 saturated heterocycles. The van der Waals surface area contributed by atoms with Crippen LogP contribution >= 0.6 is 11.8 Å². The molecule has 3 aromatic rings.